The number of carbonyl (C=O) groups is 1. The molecule has 1 atom stereocenters. The van der Waals surface area contributed by atoms with Crippen LogP contribution in [0.4, 0.5) is 4.39 Å². The number of hydrogen-bond acceptors (Lipinski definition) is 5. The van der Waals surface area contributed by atoms with Crippen LogP contribution in [0, 0.1) is 17.7 Å². The zero-order valence-corrected chi connectivity index (χ0v) is 19.8. The molecule has 2 heterocycles. The Morgan fingerprint density at radius 3 is 2.66 bits per heavy atom. The topological polar surface area (TPSA) is 69.0 Å². The van der Waals surface area contributed by atoms with Crippen LogP contribution in [0.1, 0.15) is 64.6 Å². The molecule has 32 heavy (non-hydrogen) atoms. The van der Waals surface area contributed by atoms with Gasteiger partial charge in [0, 0.05) is 24.0 Å². The lowest BCUT2D eigenvalue weighted by molar-refractivity contribution is -0.135. The van der Waals surface area contributed by atoms with Crippen LogP contribution in [0.5, 0.6) is 0 Å². The molecule has 1 amide bonds. The van der Waals surface area contributed by atoms with Gasteiger partial charge in [0.15, 0.2) is 11.0 Å². The maximum atomic E-state index is 13.5. The third-order valence-corrected chi connectivity index (χ3v) is 7.61. The average molecular weight is 461 g/mol. The van der Waals surface area contributed by atoms with E-state index in [1.54, 1.807) is 23.9 Å². The van der Waals surface area contributed by atoms with Gasteiger partial charge < -0.3 is 10.1 Å². The van der Waals surface area contributed by atoms with E-state index in [0.29, 0.717) is 24.8 Å². The number of nitrogens with zero attached hydrogens (tertiary/aromatic N) is 3. The first-order chi connectivity index (χ1) is 15.4. The van der Waals surface area contributed by atoms with Crippen molar-refractivity contribution in [2.75, 3.05) is 12.4 Å². The lowest BCUT2D eigenvalue weighted by Gasteiger charge is -2.34. The van der Waals surface area contributed by atoms with Crippen molar-refractivity contribution in [2.24, 2.45) is 11.8 Å². The average Bonchev–Trinajstić information content (AvgIpc) is 3.19. The van der Waals surface area contributed by atoms with E-state index in [-0.39, 0.29) is 29.8 Å². The summed E-state index contributed by atoms with van der Waals surface area (Å²) in [5.41, 5.74) is 0.524. The van der Waals surface area contributed by atoms with E-state index in [9.17, 15) is 9.18 Å². The number of nitrogens with one attached hydrogen (secondary N) is 1. The summed E-state index contributed by atoms with van der Waals surface area (Å²) >= 11 is 1.70. The lowest BCUT2D eigenvalue weighted by Crippen LogP contribution is -2.41. The highest BCUT2D eigenvalue weighted by molar-refractivity contribution is 7.99. The zero-order valence-electron chi connectivity index (χ0n) is 19.0. The van der Waals surface area contributed by atoms with Gasteiger partial charge in [0.1, 0.15) is 5.82 Å². The van der Waals surface area contributed by atoms with Crippen molar-refractivity contribution in [3.05, 3.63) is 35.9 Å². The predicted molar refractivity (Wildman–Crippen MR) is 123 cm³/mol. The number of rotatable bonds is 7. The maximum absolute atomic E-state index is 13.5. The standard InChI is InChI=1S/C24H33FN4O2S/c1-24(2)14-18(12-13-31-24)22(30)26-15-21-27-28-23(32-16-17-6-4-3-5-7-17)29(21)20-10-8-19(25)9-11-20/h8-11,17-18H,3-7,12-16H2,1-2H3,(H,26,30). The number of thioether (sulfide) groups is 1. The van der Waals surface area contributed by atoms with E-state index in [2.05, 4.69) is 15.5 Å². The summed E-state index contributed by atoms with van der Waals surface area (Å²) in [4.78, 5) is 12.8. The number of hydrogen-bond donors (Lipinski definition) is 1. The summed E-state index contributed by atoms with van der Waals surface area (Å²) in [7, 11) is 0. The van der Waals surface area contributed by atoms with Crippen LogP contribution in [-0.4, -0.2) is 38.6 Å². The van der Waals surface area contributed by atoms with E-state index in [4.69, 9.17) is 4.74 Å². The Morgan fingerprint density at radius 2 is 1.94 bits per heavy atom. The van der Waals surface area contributed by atoms with Gasteiger partial charge in [-0.05, 0) is 69.7 Å². The third kappa shape index (κ3) is 5.90. The molecule has 1 aromatic carbocycles. The molecule has 1 aliphatic heterocycles. The SMILES string of the molecule is CC1(C)CC(C(=O)NCc2nnc(SCC3CCCCC3)n2-c2ccc(F)cc2)CCO1. The van der Waals surface area contributed by atoms with Crippen molar-refractivity contribution in [3.63, 3.8) is 0 Å². The molecular weight excluding hydrogens is 427 g/mol. The van der Waals surface area contributed by atoms with Gasteiger partial charge >= 0.3 is 0 Å². The smallest absolute Gasteiger partial charge is 0.223 e. The Morgan fingerprint density at radius 1 is 1.19 bits per heavy atom. The minimum atomic E-state index is -0.282. The van der Waals surface area contributed by atoms with Gasteiger partial charge in [-0.1, -0.05) is 31.0 Å². The quantitative estimate of drug-likeness (QED) is 0.595. The van der Waals surface area contributed by atoms with Gasteiger partial charge in [-0.3, -0.25) is 9.36 Å². The normalized spacial score (nSPS) is 21.4. The molecule has 2 aliphatic rings. The molecule has 0 spiro atoms. The summed E-state index contributed by atoms with van der Waals surface area (Å²) in [6.45, 7) is 4.92. The Hall–Kier alpha value is -1.93. The van der Waals surface area contributed by atoms with Crippen LogP contribution < -0.4 is 5.32 Å². The molecule has 4 rings (SSSR count). The van der Waals surface area contributed by atoms with Gasteiger partial charge in [-0.15, -0.1) is 10.2 Å². The minimum absolute atomic E-state index is 0.0199. The van der Waals surface area contributed by atoms with Crippen LogP contribution >= 0.6 is 11.8 Å². The van der Waals surface area contributed by atoms with E-state index >= 15 is 0 Å². The van der Waals surface area contributed by atoms with E-state index < -0.39 is 0 Å². The first-order valence-electron chi connectivity index (χ1n) is 11.7. The van der Waals surface area contributed by atoms with Crippen LogP contribution in [0.3, 0.4) is 0 Å². The van der Waals surface area contributed by atoms with Gasteiger partial charge in [0.25, 0.3) is 0 Å². The van der Waals surface area contributed by atoms with E-state index in [1.807, 2.05) is 18.4 Å². The Kier molecular flexibility index (Phi) is 7.51. The molecule has 0 radical (unpaired) electrons. The van der Waals surface area contributed by atoms with Gasteiger partial charge in [0.2, 0.25) is 5.91 Å². The number of carbonyl (C=O) groups excluding carboxylic acids is 1. The molecule has 1 saturated carbocycles. The summed E-state index contributed by atoms with van der Waals surface area (Å²) < 4.78 is 21.2. The van der Waals surface area contributed by atoms with Crippen molar-refractivity contribution < 1.29 is 13.9 Å². The van der Waals surface area contributed by atoms with E-state index in [1.165, 1.54) is 44.2 Å². The summed E-state index contributed by atoms with van der Waals surface area (Å²) in [5, 5.41) is 12.6. The summed E-state index contributed by atoms with van der Waals surface area (Å²) in [6, 6.07) is 6.35. The van der Waals surface area contributed by atoms with Crippen LogP contribution in [-0.2, 0) is 16.1 Å². The predicted octanol–water partition coefficient (Wildman–Crippen LogP) is 4.90. The van der Waals surface area contributed by atoms with E-state index in [0.717, 1.165) is 23.0 Å². The second kappa shape index (κ2) is 10.3. The second-order valence-electron chi connectivity index (χ2n) is 9.54. The van der Waals surface area contributed by atoms with Crippen molar-refractivity contribution in [3.8, 4) is 5.69 Å². The van der Waals surface area contributed by atoms with Crippen molar-refractivity contribution in [1.82, 2.24) is 20.1 Å². The molecule has 1 N–H and O–H groups in total. The summed E-state index contributed by atoms with van der Waals surface area (Å²) in [5.74, 6) is 2.03. The van der Waals surface area contributed by atoms with Gasteiger partial charge in [0.05, 0.1) is 12.1 Å². The van der Waals surface area contributed by atoms with Crippen molar-refractivity contribution in [2.45, 2.75) is 76.1 Å². The fourth-order valence-corrected chi connectivity index (χ4v) is 5.83. The molecule has 6 nitrogen and oxygen atoms in total. The second-order valence-corrected chi connectivity index (χ2v) is 10.5. The number of aromatic nitrogens is 3. The fraction of sp³-hybridized carbons (Fsp3) is 0.625. The third-order valence-electron chi connectivity index (χ3n) is 6.45. The summed E-state index contributed by atoms with van der Waals surface area (Å²) in [6.07, 6.45) is 7.89. The number of ether oxygens (including phenoxy) is 1. The van der Waals surface area contributed by atoms with Crippen LogP contribution in [0.2, 0.25) is 0 Å². The highest BCUT2D eigenvalue weighted by Crippen LogP contribution is 2.31. The molecule has 1 saturated heterocycles. The Bertz CT molecular complexity index is 909. The number of halogens is 1. The lowest BCUT2D eigenvalue weighted by atomic mass is 9.88. The van der Waals surface area contributed by atoms with Crippen molar-refractivity contribution >= 4 is 17.7 Å². The number of benzene rings is 1. The fourth-order valence-electron chi connectivity index (χ4n) is 4.67. The monoisotopic (exact) mass is 460 g/mol. The minimum Gasteiger partial charge on any atom is -0.376 e. The molecule has 8 heteroatoms. The van der Waals surface area contributed by atoms with Crippen molar-refractivity contribution in [1.29, 1.82) is 0 Å². The number of amides is 1. The molecule has 1 aliphatic carbocycles. The highest BCUT2D eigenvalue weighted by atomic mass is 32.2. The largest absolute Gasteiger partial charge is 0.376 e. The first-order valence-corrected chi connectivity index (χ1v) is 12.6. The molecule has 1 unspecified atom stereocenters. The first kappa shape index (κ1) is 23.2. The molecule has 2 aromatic rings. The highest BCUT2D eigenvalue weighted by Gasteiger charge is 2.33. The molecule has 1 aromatic heterocycles. The Labute approximate surface area is 193 Å². The Balaban J connectivity index is 1.47. The zero-order chi connectivity index (χ0) is 22.6. The van der Waals surface area contributed by atoms with Crippen LogP contribution in [0.15, 0.2) is 29.4 Å². The van der Waals surface area contributed by atoms with Crippen LogP contribution in [0.25, 0.3) is 5.69 Å². The molecule has 0 bridgehead atoms. The molecular formula is C24H33FN4O2S. The van der Waals surface area contributed by atoms with Gasteiger partial charge in [-0.2, -0.15) is 0 Å². The maximum Gasteiger partial charge on any atom is 0.223 e. The molecule has 174 valence electrons. The van der Waals surface area contributed by atoms with Gasteiger partial charge in [-0.25, -0.2) is 4.39 Å². The molecule has 2 fully saturated rings.